The van der Waals surface area contributed by atoms with Crippen molar-refractivity contribution in [3.05, 3.63) is 0 Å². The highest BCUT2D eigenvalue weighted by molar-refractivity contribution is 5.91. The van der Waals surface area contributed by atoms with Gasteiger partial charge in [-0.1, -0.05) is 19.8 Å². The van der Waals surface area contributed by atoms with Crippen LogP contribution in [0.3, 0.4) is 0 Å². The molecule has 4 N–H and O–H groups in total. The van der Waals surface area contributed by atoms with Crippen LogP contribution in [0, 0.1) is 0 Å². The number of unbranched alkanes of at least 4 members (excludes halogenated alkanes) is 2. The standard InChI is InChI=1S/C16H29N3O5/c1-2-3-11-23-16(22)24-15(21)13-8-6-10-19(13)14(20)12(18)7-4-5-9-17/h12-13H,2-11,17-18H2,1H3/t12-,13-/m0/s1. The summed E-state index contributed by atoms with van der Waals surface area (Å²) in [5.74, 6) is -1.04. The zero-order valence-electron chi connectivity index (χ0n) is 14.4. The van der Waals surface area contributed by atoms with Crippen LogP contribution in [0.2, 0.25) is 0 Å². The fraction of sp³-hybridized carbons (Fsp3) is 0.812. The predicted octanol–water partition coefficient (Wildman–Crippen LogP) is 0.914. The third-order valence-electron chi connectivity index (χ3n) is 4.00. The molecule has 0 aliphatic carbocycles. The van der Waals surface area contributed by atoms with E-state index in [2.05, 4.69) is 4.74 Å². The molecule has 8 nitrogen and oxygen atoms in total. The molecule has 0 saturated carbocycles. The van der Waals surface area contributed by atoms with Gasteiger partial charge in [0.1, 0.15) is 6.04 Å². The van der Waals surface area contributed by atoms with Gasteiger partial charge in [-0.05, 0) is 38.6 Å². The number of nitrogens with two attached hydrogens (primary N) is 2. The minimum atomic E-state index is -1.01. The number of hydrogen-bond acceptors (Lipinski definition) is 7. The molecule has 1 amide bonds. The second-order valence-corrected chi connectivity index (χ2v) is 5.95. The van der Waals surface area contributed by atoms with Gasteiger partial charge < -0.3 is 25.8 Å². The largest absolute Gasteiger partial charge is 0.516 e. The van der Waals surface area contributed by atoms with E-state index in [1.54, 1.807) is 0 Å². The molecule has 0 spiro atoms. The average Bonchev–Trinajstić information content (AvgIpc) is 3.04. The smallest absolute Gasteiger partial charge is 0.434 e. The summed E-state index contributed by atoms with van der Waals surface area (Å²) in [6, 6.07) is -1.43. The molecular weight excluding hydrogens is 314 g/mol. The van der Waals surface area contributed by atoms with Gasteiger partial charge in [0.2, 0.25) is 5.91 Å². The van der Waals surface area contributed by atoms with Gasteiger partial charge in [-0.25, -0.2) is 9.59 Å². The number of carbonyl (C=O) groups excluding carboxylic acids is 3. The third kappa shape index (κ3) is 6.45. The van der Waals surface area contributed by atoms with E-state index in [0.717, 1.165) is 19.3 Å². The van der Waals surface area contributed by atoms with Gasteiger partial charge in [0.15, 0.2) is 0 Å². The lowest BCUT2D eigenvalue weighted by Gasteiger charge is -2.25. The lowest BCUT2D eigenvalue weighted by Crippen LogP contribution is -2.49. The Kier molecular flexibility index (Phi) is 9.33. The van der Waals surface area contributed by atoms with Crippen molar-refractivity contribution in [2.24, 2.45) is 11.5 Å². The van der Waals surface area contributed by atoms with Crippen molar-refractivity contribution in [1.29, 1.82) is 0 Å². The normalized spacial score (nSPS) is 18.3. The number of nitrogens with zero attached hydrogens (tertiary/aromatic N) is 1. The van der Waals surface area contributed by atoms with Crippen LogP contribution >= 0.6 is 0 Å². The van der Waals surface area contributed by atoms with Gasteiger partial charge in [0, 0.05) is 6.54 Å². The second kappa shape index (κ2) is 11.0. The van der Waals surface area contributed by atoms with E-state index in [1.807, 2.05) is 6.92 Å². The van der Waals surface area contributed by atoms with Crippen molar-refractivity contribution in [1.82, 2.24) is 4.90 Å². The van der Waals surface area contributed by atoms with E-state index >= 15 is 0 Å². The minimum Gasteiger partial charge on any atom is -0.434 e. The van der Waals surface area contributed by atoms with Crippen LogP contribution in [-0.2, 0) is 19.1 Å². The fourth-order valence-electron chi connectivity index (χ4n) is 2.60. The van der Waals surface area contributed by atoms with E-state index < -0.39 is 24.2 Å². The van der Waals surface area contributed by atoms with Crippen LogP contribution in [0.1, 0.15) is 51.9 Å². The minimum absolute atomic E-state index is 0.210. The summed E-state index contributed by atoms with van der Waals surface area (Å²) in [4.78, 5) is 37.4. The number of likely N-dealkylation sites (tertiary alicyclic amines) is 1. The number of carbonyl (C=O) groups is 3. The molecule has 1 aliphatic heterocycles. The third-order valence-corrected chi connectivity index (χ3v) is 4.00. The first-order valence-electron chi connectivity index (χ1n) is 8.65. The Bertz CT molecular complexity index is 430. The zero-order valence-corrected chi connectivity index (χ0v) is 14.4. The molecule has 8 heteroatoms. The molecule has 0 aromatic carbocycles. The quantitative estimate of drug-likeness (QED) is 0.362. The highest BCUT2D eigenvalue weighted by Gasteiger charge is 2.38. The molecular formula is C16H29N3O5. The molecule has 1 aliphatic rings. The molecule has 0 aromatic heterocycles. The van der Waals surface area contributed by atoms with Gasteiger partial charge in [-0.2, -0.15) is 0 Å². The van der Waals surface area contributed by atoms with Crippen LogP contribution < -0.4 is 11.5 Å². The lowest BCUT2D eigenvalue weighted by atomic mass is 10.1. The summed E-state index contributed by atoms with van der Waals surface area (Å²) >= 11 is 0. The fourth-order valence-corrected chi connectivity index (χ4v) is 2.60. The monoisotopic (exact) mass is 343 g/mol. The van der Waals surface area contributed by atoms with Crippen LogP contribution in [0.5, 0.6) is 0 Å². The summed E-state index contributed by atoms with van der Waals surface area (Å²) in [6.07, 6.45) is 3.77. The average molecular weight is 343 g/mol. The number of hydrogen-bond donors (Lipinski definition) is 2. The zero-order chi connectivity index (χ0) is 17.9. The van der Waals surface area contributed by atoms with Crippen molar-refractivity contribution in [2.75, 3.05) is 19.7 Å². The van der Waals surface area contributed by atoms with E-state index in [4.69, 9.17) is 16.2 Å². The van der Waals surface area contributed by atoms with Crippen LogP contribution in [-0.4, -0.2) is 54.7 Å². The van der Waals surface area contributed by atoms with Crippen LogP contribution in [0.25, 0.3) is 0 Å². The van der Waals surface area contributed by atoms with E-state index in [1.165, 1.54) is 4.90 Å². The Labute approximate surface area is 142 Å². The summed E-state index contributed by atoms with van der Waals surface area (Å²) < 4.78 is 9.49. The van der Waals surface area contributed by atoms with Crippen molar-refractivity contribution in [2.45, 2.75) is 64.0 Å². The molecule has 1 heterocycles. The maximum atomic E-state index is 12.4. The highest BCUT2D eigenvalue weighted by atomic mass is 16.7. The number of esters is 1. The molecule has 0 bridgehead atoms. The molecule has 0 unspecified atom stereocenters. The number of ether oxygens (including phenoxy) is 2. The van der Waals surface area contributed by atoms with Crippen LogP contribution in [0.15, 0.2) is 0 Å². The molecule has 0 aromatic rings. The predicted molar refractivity (Wildman–Crippen MR) is 88.0 cm³/mol. The van der Waals surface area contributed by atoms with Gasteiger partial charge >= 0.3 is 12.1 Å². The molecule has 1 saturated heterocycles. The maximum Gasteiger partial charge on any atom is 0.516 e. The Morgan fingerprint density at radius 3 is 2.67 bits per heavy atom. The molecule has 0 radical (unpaired) electrons. The Morgan fingerprint density at radius 2 is 2.00 bits per heavy atom. The highest BCUT2D eigenvalue weighted by Crippen LogP contribution is 2.20. The Hall–Kier alpha value is -1.67. The van der Waals surface area contributed by atoms with Gasteiger partial charge in [-0.3, -0.25) is 4.79 Å². The van der Waals surface area contributed by atoms with Gasteiger partial charge in [0.05, 0.1) is 12.6 Å². The summed E-state index contributed by atoms with van der Waals surface area (Å²) in [5.41, 5.74) is 11.3. The first-order chi connectivity index (χ1) is 11.5. The molecule has 24 heavy (non-hydrogen) atoms. The Balaban J connectivity index is 2.49. The molecule has 1 rings (SSSR count). The molecule has 2 atom stereocenters. The van der Waals surface area contributed by atoms with E-state index in [0.29, 0.717) is 38.8 Å². The van der Waals surface area contributed by atoms with Crippen LogP contribution in [0.4, 0.5) is 4.79 Å². The lowest BCUT2D eigenvalue weighted by molar-refractivity contribution is -0.150. The first kappa shape index (κ1) is 20.4. The topological polar surface area (TPSA) is 125 Å². The van der Waals surface area contributed by atoms with E-state index in [-0.39, 0.29) is 12.5 Å². The van der Waals surface area contributed by atoms with Gasteiger partial charge in [-0.15, -0.1) is 0 Å². The second-order valence-electron chi connectivity index (χ2n) is 5.95. The molecule has 138 valence electrons. The number of amides is 1. The van der Waals surface area contributed by atoms with Crippen molar-refractivity contribution < 1.29 is 23.9 Å². The first-order valence-corrected chi connectivity index (χ1v) is 8.65. The summed E-state index contributed by atoms with van der Waals surface area (Å²) in [5, 5.41) is 0. The Morgan fingerprint density at radius 1 is 1.25 bits per heavy atom. The SMILES string of the molecule is CCCCOC(=O)OC(=O)[C@@H]1CCCN1C(=O)[C@@H](N)CCCCN. The van der Waals surface area contributed by atoms with Crippen molar-refractivity contribution in [3.63, 3.8) is 0 Å². The number of rotatable bonds is 9. The van der Waals surface area contributed by atoms with Crippen molar-refractivity contribution in [3.8, 4) is 0 Å². The summed E-state index contributed by atoms with van der Waals surface area (Å²) in [6.45, 7) is 3.16. The van der Waals surface area contributed by atoms with E-state index in [9.17, 15) is 14.4 Å². The van der Waals surface area contributed by atoms with Crippen molar-refractivity contribution >= 4 is 18.0 Å². The maximum absolute atomic E-state index is 12.4. The summed E-state index contributed by atoms with van der Waals surface area (Å²) in [7, 11) is 0. The molecule has 1 fully saturated rings. The van der Waals surface area contributed by atoms with Gasteiger partial charge in [0.25, 0.3) is 0 Å².